The Labute approximate surface area is 216 Å². The second kappa shape index (κ2) is 12.5. The van der Waals surface area contributed by atoms with Gasteiger partial charge in [-0.1, -0.05) is 30.3 Å². The van der Waals surface area contributed by atoms with Crippen LogP contribution in [0.1, 0.15) is 50.5 Å². The first-order valence-corrected chi connectivity index (χ1v) is 14.1. The van der Waals surface area contributed by atoms with E-state index in [0.29, 0.717) is 0 Å². The minimum Gasteiger partial charge on any atom is -0.356 e. The van der Waals surface area contributed by atoms with E-state index in [4.69, 9.17) is 0 Å². The van der Waals surface area contributed by atoms with Crippen molar-refractivity contribution in [2.24, 2.45) is 11.8 Å². The van der Waals surface area contributed by atoms with Gasteiger partial charge in [-0.05, 0) is 94.6 Å². The Kier molecular flexibility index (Phi) is 8.70. The van der Waals surface area contributed by atoms with E-state index in [1.165, 1.54) is 50.8 Å². The molecule has 1 N–H and O–H groups in total. The third kappa shape index (κ3) is 6.75. The van der Waals surface area contributed by atoms with Crippen molar-refractivity contribution in [1.82, 2.24) is 20.4 Å². The van der Waals surface area contributed by atoms with Gasteiger partial charge in [0.05, 0.1) is 0 Å². The Bertz CT molecular complexity index is 930. The number of aromatic nitrogens is 2. The zero-order valence-electron chi connectivity index (χ0n) is 21.7. The Balaban J connectivity index is 0.948. The van der Waals surface area contributed by atoms with Crippen LogP contribution in [0.25, 0.3) is 0 Å². The summed E-state index contributed by atoms with van der Waals surface area (Å²) in [6.45, 7) is 8.15. The number of piperidine rings is 2. The number of anilines is 2. The molecule has 1 amide bonds. The van der Waals surface area contributed by atoms with E-state index in [9.17, 15) is 4.79 Å². The van der Waals surface area contributed by atoms with E-state index in [1.54, 1.807) is 0 Å². The summed E-state index contributed by atoms with van der Waals surface area (Å²) in [5.41, 5.74) is 1.47. The quantitative estimate of drug-likeness (QED) is 0.540. The summed E-state index contributed by atoms with van der Waals surface area (Å²) < 4.78 is 0. The van der Waals surface area contributed by atoms with Gasteiger partial charge in [0.2, 0.25) is 5.91 Å². The molecule has 0 radical (unpaired) electrons. The summed E-state index contributed by atoms with van der Waals surface area (Å²) in [5, 5.41) is 12.1. The first-order valence-electron chi connectivity index (χ1n) is 14.1. The van der Waals surface area contributed by atoms with Gasteiger partial charge in [-0.2, -0.15) is 0 Å². The van der Waals surface area contributed by atoms with Gasteiger partial charge in [0, 0.05) is 38.6 Å². The predicted molar refractivity (Wildman–Crippen MR) is 145 cm³/mol. The summed E-state index contributed by atoms with van der Waals surface area (Å²) in [4.78, 5) is 19.9. The van der Waals surface area contributed by atoms with E-state index >= 15 is 0 Å². The Morgan fingerprint density at radius 3 is 2.08 bits per heavy atom. The maximum absolute atomic E-state index is 12.7. The number of benzene rings is 1. The van der Waals surface area contributed by atoms with Gasteiger partial charge in [0.25, 0.3) is 0 Å². The smallest absolute Gasteiger partial charge is 0.223 e. The number of carbonyl (C=O) groups is 1. The van der Waals surface area contributed by atoms with Crippen LogP contribution in [-0.4, -0.2) is 73.4 Å². The number of nitrogens with one attached hydrogen (secondary N) is 1. The van der Waals surface area contributed by atoms with Crippen molar-refractivity contribution in [3.05, 3.63) is 48.0 Å². The molecule has 0 atom stereocenters. The molecule has 3 aliphatic rings. The number of carbonyl (C=O) groups excluding carboxylic acids is 1. The summed E-state index contributed by atoms with van der Waals surface area (Å²) >= 11 is 0. The zero-order chi connectivity index (χ0) is 24.6. The van der Waals surface area contributed by atoms with Crippen molar-refractivity contribution in [3.63, 3.8) is 0 Å². The highest BCUT2D eigenvalue weighted by Gasteiger charge is 2.26. The predicted octanol–water partition coefficient (Wildman–Crippen LogP) is 3.75. The molecule has 0 saturated carbocycles. The lowest BCUT2D eigenvalue weighted by Crippen LogP contribution is -2.42. The van der Waals surface area contributed by atoms with Crippen LogP contribution >= 0.6 is 0 Å². The number of amides is 1. The number of hydrogen-bond donors (Lipinski definition) is 1. The highest BCUT2D eigenvalue weighted by molar-refractivity contribution is 5.78. The number of rotatable bonds is 9. The Hall–Kier alpha value is -2.67. The number of likely N-dealkylation sites (tertiary alicyclic amines) is 1. The molecule has 36 heavy (non-hydrogen) atoms. The lowest BCUT2D eigenvalue weighted by molar-refractivity contribution is -0.125. The van der Waals surface area contributed by atoms with Crippen molar-refractivity contribution in [2.75, 3.05) is 62.2 Å². The molecule has 0 unspecified atom stereocenters. The van der Waals surface area contributed by atoms with Crippen LogP contribution in [0.4, 0.5) is 11.6 Å². The summed E-state index contributed by atoms with van der Waals surface area (Å²) in [6.07, 6.45) is 9.07. The van der Waals surface area contributed by atoms with Crippen LogP contribution in [0.3, 0.4) is 0 Å². The zero-order valence-corrected chi connectivity index (χ0v) is 21.7. The largest absolute Gasteiger partial charge is 0.356 e. The third-order valence-electron chi connectivity index (χ3n) is 8.28. The molecule has 0 bridgehead atoms. The topological polar surface area (TPSA) is 64.6 Å². The minimum atomic E-state index is 0.117. The summed E-state index contributed by atoms with van der Waals surface area (Å²) in [5.74, 6) is 3.08. The SMILES string of the molecule is O=C(NCCCN1CCC(Cc2ccccc2)CC1)C1CCN(c2ccc(N3CCCC3)nn2)CC1. The van der Waals surface area contributed by atoms with Crippen LogP contribution in [-0.2, 0) is 11.2 Å². The minimum absolute atomic E-state index is 0.117. The van der Waals surface area contributed by atoms with Crippen molar-refractivity contribution in [2.45, 2.75) is 51.4 Å². The van der Waals surface area contributed by atoms with Crippen LogP contribution in [0.15, 0.2) is 42.5 Å². The highest BCUT2D eigenvalue weighted by Crippen LogP contribution is 2.24. The molecular formula is C29H42N6O. The number of nitrogens with zero attached hydrogens (tertiary/aromatic N) is 5. The van der Waals surface area contributed by atoms with Gasteiger partial charge in [-0.3, -0.25) is 4.79 Å². The van der Waals surface area contributed by atoms with Crippen molar-refractivity contribution in [3.8, 4) is 0 Å². The van der Waals surface area contributed by atoms with Crippen LogP contribution in [0.2, 0.25) is 0 Å². The number of hydrogen-bond acceptors (Lipinski definition) is 6. The fraction of sp³-hybridized carbons (Fsp3) is 0.621. The molecule has 3 fully saturated rings. The monoisotopic (exact) mass is 490 g/mol. The first kappa shape index (κ1) is 25.0. The molecule has 0 aliphatic carbocycles. The lowest BCUT2D eigenvalue weighted by Gasteiger charge is -2.33. The van der Waals surface area contributed by atoms with Crippen LogP contribution in [0.5, 0.6) is 0 Å². The maximum Gasteiger partial charge on any atom is 0.223 e. The van der Waals surface area contributed by atoms with Gasteiger partial charge in [-0.15, -0.1) is 10.2 Å². The van der Waals surface area contributed by atoms with E-state index < -0.39 is 0 Å². The van der Waals surface area contributed by atoms with Gasteiger partial charge < -0.3 is 20.0 Å². The average Bonchev–Trinajstić information content (AvgIpc) is 3.48. The third-order valence-corrected chi connectivity index (χ3v) is 8.28. The molecule has 2 aromatic rings. The van der Waals surface area contributed by atoms with Crippen molar-refractivity contribution >= 4 is 17.5 Å². The Morgan fingerprint density at radius 2 is 1.44 bits per heavy atom. The maximum atomic E-state index is 12.7. The molecule has 3 saturated heterocycles. The second-order valence-electron chi connectivity index (χ2n) is 10.8. The van der Waals surface area contributed by atoms with Gasteiger partial charge in [0.1, 0.15) is 0 Å². The summed E-state index contributed by atoms with van der Waals surface area (Å²) in [6, 6.07) is 15.1. The van der Waals surface area contributed by atoms with E-state index in [2.05, 4.69) is 72.7 Å². The molecule has 4 heterocycles. The van der Waals surface area contributed by atoms with Gasteiger partial charge in [0.15, 0.2) is 11.6 Å². The molecule has 7 nitrogen and oxygen atoms in total. The fourth-order valence-electron chi connectivity index (χ4n) is 5.99. The van der Waals surface area contributed by atoms with E-state index in [1.807, 2.05) is 0 Å². The molecule has 3 aliphatic heterocycles. The summed E-state index contributed by atoms with van der Waals surface area (Å²) in [7, 11) is 0. The van der Waals surface area contributed by atoms with E-state index in [0.717, 1.165) is 76.1 Å². The van der Waals surface area contributed by atoms with E-state index in [-0.39, 0.29) is 11.8 Å². The highest BCUT2D eigenvalue weighted by atomic mass is 16.1. The Morgan fingerprint density at radius 1 is 0.806 bits per heavy atom. The normalized spacial score (nSPS) is 20.1. The average molecular weight is 491 g/mol. The second-order valence-corrected chi connectivity index (χ2v) is 10.8. The van der Waals surface area contributed by atoms with Gasteiger partial charge >= 0.3 is 0 Å². The van der Waals surface area contributed by atoms with Crippen molar-refractivity contribution in [1.29, 1.82) is 0 Å². The molecule has 1 aromatic carbocycles. The molecule has 7 heteroatoms. The molecule has 0 spiro atoms. The molecule has 1 aromatic heterocycles. The molecular weight excluding hydrogens is 448 g/mol. The van der Waals surface area contributed by atoms with Gasteiger partial charge in [-0.25, -0.2) is 0 Å². The fourth-order valence-corrected chi connectivity index (χ4v) is 5.99. The molecule has 5 rings (SSSR count). The van der Waals surface area contributed by atoms with Crippen LogP contribution in [0, 0.1) is 11.8 Å². The first-order chi connectivity index (χ1) is 17.7. The lowest BCUT2D eigenvalue weighted by atomic mass is 9.90. The van der Waals surface area contributed by atoms with Crippen LogP contribution < -0.4 is 15.1 Å². The standard InChI is InChI=1S/C29H42N6O/c36-29(30-15-6-16-33-19-11-25(12-20-33)23-24-7-2-1-3-8-24)26-13-21-35(22-14-26)28-10-9-27(31-32-28)34-17-4-5-18-34/h1-3,7-10,25-26H,4-6,11-23H2,(H,30,36). The molecule has 194 valence electrons. The van der Waals surface area contributed by atoms with Crippen molar-refractivity contribution < 1.29 is 4.79 Å².